The summed E-state index contributed by atoms with van der Waals surface area (Å²) in [7, 11) is 0. The number of carbonyl (C=O) groups excluding carboxylic acids is 1. The molecule has 2 heterocycles. The third-order valence-electron chi connectivity index (χ3n) is 3.81. The zero-order chi connectivity index (χ0) is 12.4. The van der Waals surface area contributed by atoms with Crippen LogP contribution in [0.2, 0.25) is 0 Å². The van der Waals surface area contributed by atoms with Gasteiger partial charge in [-0.25, -0.2) is 4.79 Å². The number of nitrogens with zero attached hydrogens (tertiary/aromatic N) is 1. The maximum absolute atomic E-state index is 11.9. The number of cyclic esters (lactones) is 1. The molecule has 3 rings (SSSR count). The molecule has 2 saturated heterocycles. The van der Waals surface area contributed by atoms with Crippen molar-refractivity contribution in [2.75, 3.05) is 19.9 Å². The minimum Gasteiger partial charge on any atom is -0.448 e. The average molecular weight is 247 g/mol. The van der Waals surface area contributed by atoms with E-state index in [0.29, 0.717) is 19.9 Å². The highest BCUT2D eigenvalue weighted by molar-refractivity contribution is 5.83. The van der Waals surface area contributed by atoms with E-state index in [2.05, 4.69) is 4.90 Å². The van der Waals surface area contributed by atoms with Crippen molar-refractivity contribution < 1.29 is 14.3 Å². The predicted octanol–water partition coefficient (Wildman–Crippen LogP) is 1.55. The van der Waals surface area contributed by atoms with E-state index in [4.69, 9.17) is 9.47 Å². The van der Waals surface area contributed by atoms with Crippen LogP contribution in [0.3, 0.4) is 0 Å². The number of rotatable bonds is 4. The van der Waals surface area contributed by atoms with Crippen LogP contribution in [0.15, 0.2) is 30.3 Å². The Morgan fingerprint density at radius 1 is 1.33 bits per heavy atom. The van der Waals surface area contributed by atoms with Crippen LogP contribution in [-0.4, -0.2) is 36.3 Å². The molecule has 1 unspecified atom stereocenters. The lowest BCUT2D eigenvalue weighted by Gasteiger charge is -2.26. The number of ether oxygens (including phenoxy) is 2. The molecule has 0 radical (unpaired) electrons. The molecule has 1 aromatic carbocycles. The summed E-state index contributed by atoms with van der Waals surface area (Å²) >= 11 is 0. The summed E-state index contributed by atoms with van der Waals surface area (Å²) in [6.45, 7) is 2.33. The van der Waals surface area contributed by atoms with E-state index in [1.807, 2.05) is 30.3 Å². The van der Waals surface area contributed by atoms with Crippen molar-refractivity contribution in [1.29, 1.82) is 0 Å². The zero-order valence-corrected chi connectivity index (χ0v) is 10.3. The molecule has 2 aliphatic rings. The van der Waals surface area contributed by atoms with Crippen molar-refractivity contribution in [2.45, 2.75) is 25.0 Å². The van der Waals surface area contributed by atoms with E-state index in [1.165, 1.54) is 0 Å². The van der Waals surface area contributed by atoms with Gasteiger partial charge in [0.15, 0.2) is 0 Å². The Bertz CT molecular complexity index is 434. The van der Waals surface area contributed by atoms with Crippen LogP contribution in [0.4, 0.5) is 0 Å². The van der Waals surface area contributed by atoms with Gasteiger partial charge in [0, 0.05) is 6.54 Å². The van der Waals surface area contributed by atoms with Gasteiger partial charge in [0.05, 0.1) is 13.2 Å². The van der Waals surface area contributed by atoms with Crippen molar-refractivity contribution >= 4 is 5.97 Å². The van der Waals surface area contributed by atoms with Crippen LogP contribution in [0.25, 0.3) is 0 Å². The topological polar surface area (TPSA) is 38.8 Å². The first-order valence-corrected chi connectivity index (χ1v) is 6.35. The van der Waals surface area contributed by atoms with Crippen LogP contribution in [-0.2, 0) is 20.9 Å². The fourth-order valence-electron chi connectivity index (χ4n) is 2.76. The summed E-state index contributed by atoms with van der Waals surface area (Å²) in [5.41, 5.74) is 0.624. The molecule has 0 spiro atoms. The van der Waals surface area contributed by atoms with Crippen LogP contribution in [0, 0.1) is 0 Å². The molecule has 0 amide bonds. The molecule has 18 heavy (non-hydrogen) atoms. The van der Waals surface area contributed by atoms with Crippen molar-refractivity contribution in [1.82, 2.24) is 4.90 Å². The van der Waals surface area contributed by atoms with E-state index in [0.717, 1.165) is 24.9 Å². The highest BCUT2D eigenvalue weighted by Gasteiger charge is 2.53. The third kappa shape index (κ3) is 1.91. The minimum atomic E-state index is -0.505. The Kier molecular flexibility index (Phi) is 3.06. The van der Waals surface area contributed by atoms with Gasteiger partial charge in [0.1, 0.15) is 12.3 Å². The third-order valence-corrected chi connectivity index (χ3v) is 3.81. The molecular formula is C14H17NO3. The minimum absolute atomic E-state index is 0.118. The molecule has 0 N–H and O–H groups in total. The van der Waals surface area contributed by atoms with Crippen LogP contribution in [0.5, 0.6) is 0 Å². The van der Waals surface area contributed by atoms with Gasteiger partial charge in [-0.15, -0.1) is 0 Å². The Morgan fingerprint density at radius 2 is 2.17 bits per heavy atom. The van der Waals surface area contributed by atoms with Crippen LogP contribution in [0.1, 0.15) is 18.4 Å². The van der Waals surface area contributed by atoms with Gasteiger partial charge in [-0.3, -0.25) is 4.90 Å². The number of hydrogen-bond acceptors (Lipinski definition) is 4. The molecule has 0 bridgehead atoms. The molecule has 4 heteroatoms. The first kappa shape index (κ1) is 11.7. The summed E-state index contributed by atoms with van der Waals surface area (Å²) in [5.74, 6) is -0.118. The zero-order valence-electron chi connectivity index (χ0n) is 10.3. The molecule has 4 nitrogen and oxygen atoms in total. The van der Waals surface area contributed by atoms with E-state index < -0.39 is 5.54 Å². The monoisotopic (exact) mass is 247 g/mol. The second-order valence-electron chi connectivity index (χ2n) is 4.94. The standard InChI is InChI=1S/C14H17NO3/c16-13-14(7-4-8-15(14)11-18-13)10-17-9-12-5-2-1-3-6-12/h1-3,5-6H,4,7-11H2. The van der Waals surface area contributed by atoms with Crippen molar-refractivity contribution in [3.63, 3.8) is 0 Å². The van der Waals surface area contributed by atoms with Gasteiger partial charge < -0.3 is 9.47 Å². The van der Waals surface area contributed by atoms with Gasteiger partial charge in [-0.1, -0.05) is 30.3 Å². The first-order valence-electron chi connectivity index (χ1n) is 6.35. The normalized spacial score (nSPS) is 27.2. The largest absolute Gasteiger partial charge is 0.448 e. The molecule has 0 aromatic heterocycles. The van der Waals surface area contributed by atoms with Gasteiger partial charge in [0.25, 0.3) is 0 Å². The van der Waals surface area contributed by atoms with E-state index in [-0.39, 0.29) is 5.97 Å². The quantitative estimate of drug-likeness (QED) is 0.757. The summed E-state index contributed by atoms with van der Waals surface area (Å²) in [4.78, 5) is 14.0. The molecule has 0 saturated carbocycles. The molecule has 2 aliphatic heterocycles. The molecule has 1 aromatic rings. The Labute approximate surface area is 106 Å². The van der Waals surface area contributed by atoms with Gasteiger partial charge >= 0.3 is 5.97 Å². The summed E-state index contributed by atoms with van der Waals surface area (Å²) < 4.78 is 10.9. The number of benzene rings is 1. The fraction of sp³-hybridized carbons (Fsp3) is 0.500. The Balaban J connectivity index is 1.61. The molecule has 2 fully saturated rings. The van der Waals surface area contributed by atoms with Crippen LogP contribution < -0.4 is 0 Å². The molecule has 96 valence electrons. The maximum Gasteiger partial charge on any atom is 0.330 e. The second kappa shape index (κ2) is 4.71. The first-order chi connectivity index (χ1) is 8.81. The lowest BCUT2D eigenvalue weighted by Crippen LogP contribution is -2.47. The highest BCUT2D eigenvalue weighted by atomic mass is 16.6. The van der Waals surface area contributed by atoms with Crippen LogP contribution >= 0.6 is 0 Å². The number of hydrogen-bond donors (Lipinski definition) is 0. The summed E-state index contributed by atoms with van der Waals surface area (Å²) in [6, 6.07) is 10.0. The van der Waals surface area contributed by atoms with Crippen molar-refractivity contribution in [3.8, 4) is 0 Å². The molecular weight excluding hydrogens is 230 g/mol. The summed E-state index contributed by atoms with van der Waals surface area (Å²) in [5, 5.41) is 0. The maximum atomic E-state index is 11.9. The number of esters is 1. The van der Waals surface area contributed by atoms with E-state index in [1.54, 1.807) is 0 Å². The lowest BCUT2D eigenvalue weighted by molar-refractivity contribution is -0.145. The lowest BCUT2D eigenvalue weighted by atomic mass is 9.99. The number of carbonyl (C=O) groups is 1. The Hall–Kier alpha value is -1.39. The van der Waals surface area contributed by atoms with E-state index >= 15 is 0 Å². The van der Waals surface area contributed by atoms with Gasteiger partial charge in [0.2, 0.25) is 0 Å². The number of fused-ring (bicyclic) bond motifs is 1. The SMILES string of the molecule is O=C1OCN2CCCC12COCc1ccccc1. The van der Waals surface area contributed by atoms with Crippen molar-refractivity contribution in [2.24, 2.45) is 0 Å². The molecule has 0 aliphatic carbocycles. The molecule has 1 atom stereocenters. The Morgan fingerprint density at radius 3 is 3.00 bits per heavy atom. The van der Waals surface area contributed by atoms with Gasteiger partial charge in [-0.05, 0) is 18.4 Å². The van der Waals surface area contributed by atoms with Gasteiger partial charge in [-0.2, -0.15) is 0 Å². The smallest absolute Gasteiger partial charge is 0.330 e. The van der Waals surface area contributed by atoms with Crippen molar-refractivity contribution in [3.05, 3.63) is 35.9 Å². The van der Waals surface area contributed by atoms with E-state index in [9.17, 15) is 4.79 Å². The predicted molar refractivity (Wildman–Crippen MR) is 65.7 cm³/mol. The fourth-order valence-corrected chi connectivity index (χ4v) is 2.76. The average Bonchev–Trinajstić information content (AvgIpc) is 2.93. The summed E-state index contributed by atoms with van der Waals surface area (Å²) in [6.07, 6.45) is 1.89. The highest BCUT2D eigenvalue weighted by Crippen LogP contribution is 2.35. The second-order valence-corrected chi connectivity index (χ2v) is 4.94.